The Hall–Kier alpha value is -1.03. The van der Waals surface area contributed by atoms with Crippen LogP contribution in [0.1, 0.15) is 37.8 Å². The molecule has 1 aromatic rings. The van der Waals surface area contributed by atoms with Crippen molar-refractivity contribution in [2.45, 2.75) is 32.7 Å². The molecule has 1 unspecified atom stereocenters. The van der Waals surface area contributed by atoms with Gasteiger partial charge in [0.05, 0.1) is 5.69 Å². The summed E-state index contributed by atoms with van der Waals surface area (Å²) in [4.78, 5) is 13.6. The maximum Gasteiger partial charge on any atom is 0.416 e. The molecule has 1 aliphatic rings. The van der Waals surface area contributed by atoms with Gasteiger partial charge >= 0.3 is 5.76 Å². The molecule has 0 saturated carbocycles. The fraction of sp³-hybridized carbons (Fsp3) is 0.667. The van der Waals surface area contributed by atoms with Crippen LogP contribution in [-0.2, 0) is 6.42 Å². The first kappa shape index (κ1) is 8.56. The lowest BCUT2D eigenvalue weighted by molar-refractivity contribution is 0.253. The molecule has 3 N–H and O–H groups in total. The van der Waals surface area contributed by atoms with Gasteiger partial charge in [0.1, 0.15) is 5.76 Å². The van der Waals surface area contributed by atoms with E-state index in [0.29, 0.717) is 0 Å². The Morgan fingerprint density at radius 1 is 1.62 bits per heavy atom. The predicted octanol–water partition coefficient (Wildman–Crippen LogP) is 0.940. The number of hydrogen-bond donors (Lipinski definition) is 2. The van der Waals surface area contributed by atoms with Gasteiger partial charge in [0.25, 0.3) is 0 Å². The highest BCUT2D eigenvalue weighted by Gasteiger charge is 2.33. The molecule has 0 radical (unpaired) electrons. The fourth-order valence-electron chi connectivity index (χ4n) is 2.01. The summed E-state index contributed by atoms with van der Waals surface area (Å²) in [5.74, 6) is 0.340. The van der Waals surface area contributed by atoms with Crippen LogP contribution in [-0.4, -0.2) is 4.98 Å². The summed E-state index contributed by atoms with van der Waals surface area (Å²) in [7, 11) is 0. The fourth-order valence-corrected chi connectivity index (χ4v) is 2.01. The molecular weight excluding hydrogens is 168 g/mol. The highest BCUT2D eigenvalue weighted by molar-refractivity contribution is 5.18. The topological polar surface area (TPSA) is 72.0 Å². The van der Waals surface area contributed by atoms with E-state index in [1.54, 1.807) is 0 Å². The van der Waals surface area contributed by atoms with Crippen molar-refractivity contribution in [3.05, 3.63) is 22.0 Å². The van der Waals surface area contributed by atoms with Gasteiger partial charge < -0.3 is 10.2 Å². The van der Waals surface area contributed by atoms with Crippen LogP contribution in [0.4, 0.5) is 0 Å². The minimum absolute atomic E-state index is 0.0924. The van der Waals surface area contributed by atoms with Crippen LogP contribution in [0.5, 0.6) is 0 Å². The third-order valence-corrected chi connectivity index (χ3v) is 2.54. The van der Waals surface area contributed by atoms with Gasteiger partial charge in [-0.2, -0.15) is 0 Å². The molecule has 0 amide bonds. The van der Waals surface area contributed by atoms with Crippen molar-refractivity contribution in [2.24, 2.45) is 11.1 Å². The molecule has 1 aliphatic carbocycles. The first-order valence-electron chi connectivity index (χ1n) is 4.45. The van der Waals surface area contributed by atoms with Crippen molar-refractivity contribution in [1.82, 2.24) is 4.98 Å². The smallest absolute Gasteiger partial charge is 0.413 e. The lowest BCUT2D eigenvalue weighted by Gasteiger charge is -2.31. The molecular formula is C9H14N2O2. The van der Waals surface area contributed by atoms with Crippen LogP contribution >= 0.6 is 0 Å². The van der Waals surface area contributed by atoms with Gasteiger partial charge in [0.2, 0.25) is 0 Å². The second-order valence-electron chi connectivity index (χ2n) is 4.50. The summed E-state index contributed by atoms with van der Waals surface area (Å²) >= 11 is 0. The van der Waals surface area contributed by atoms with E-state index in [9.17, 15) is 4.79 Å². The second-order valence-corrected chi connectivity index (χ2v) is 4.50. The zero-order chi connectivity index (χ0) is 9.64. The van der Waals surface area contributed by atoms with E-state index in [1.165, 1.54) is 0 Å². The quantitative estimate of drug-likeness (QED) is 0.627. The van der Waals surface area contributed by atoms with Crippen LogP contribution in [0.3, 0.4) is 0 Å². The number of fused-ring (bicyclic) bond motifs is 1. The molecule has 0 spiro atoms. The number of aromatic amines is 1. The van der Waals surface area contributed by atoms with Crippen molar-refractivity contribution in [1.29, 1.82) is 0 Å². The molecule has 0 saturated heterocycles. The average molecular weight is 182 g/mol. The minimum atomic E-state index is -0.391. The van der Waals surface area contributed by atoms with Crippen molar-refractivity contribution in [3.63, 3.8) is 0 Å². The van der Waals surface area contributed by atoms with E-state index in [-0.39, 0.29) is 11.5 Å². The third-order valence-electron chi connectivity index (χ3n) is 2.54. The van der Waals surface area contributed by atoms with E-state index in [2.05, 4.69) is 18.8 Å². The second kappa shape index (κ2) is 2.48. The number of oxazole rings is 1. The summed E-state index contributed by atoms with van der Waals surface area (Å²) in [6.07, 6.45) is 1.67. The first-order valence-corrected chi connectivity index (χ1v) is 4.45. The van der Waals surface area contributed by atoms with Gasteiger partial charge in [0.15, 0.2) is 0 Å². The summed E-state index contributed by atoms with van der Waals surface area (Å²) in [6, 6.07) is -0.0924. The van der Waals surface area contributed by atoms with Crippen LogP contribution in [0.25, 0.3) is 0 Å². The molecule has 4 heteroatoms. The Kier molecular flexibility index (Phi) is 1.63. The summed E-state index contributed by atoms with van der Waals surface area (Å²) < 4.78 is 5.02. The number of nitrogens with one attached hydrogen (secondary N) is 1. The van der Waals surface area contributed by atoms with E-state index >= 15 is 0 Å². The SMILES string of the molecule is CC1(C)Cc2oc(=O)[nH]c2C(N)C1. The van der Waals surface area contributed by atoms with E-state index in [4.69, 9.17) is 10.2 Å². The Labute approximate surface area is 76.1 Å². The molecule has 0 bridgehead atoms. The predicted molar refractivity (Wildman–Crippen MR) is 48.4 cm³/mol. The average Bonchev–Trinajstić information content (AvgIpc) is 2.27. The van der Waals surface area contributed by atoms with Crippen molar-refractivity contribution >= 4 is 0 Å². The summed E-state index contributed by atoms with van der Waals surface area (Å²) in [5, 5.41) is 0. The zero-order valence-corrected chi connectivity index (χ0v) is 7.89. The van der Waals surface area contributed by atoms with Gasteiger partial charge in [-0.15, -0.1) is 0 Å². The molecule has 1 atom stereocenters. The number of hydrogen-bond acceptors (Lipinski definition) is 3. The van der Waals surface area contributed by atoms with Crippen LogP contribution in [0.2, 0.25) is 0 Å². The van der Waals surface area contributed by atoms with Crippen molar-refractivity contribution in [3.8, 4) is 0 Å². The largest absolute Gasteiger partial charge is 0.416 e. The normalized spacial score (nSPS) is 25.6. The molecule has 2 rings (SSSR count). The Morgan fingerprint density at radius 3 is 3.00 bits per heavy atom. The van der Waals surface area contributed by atoms with Crippen LogP contribution in [0.15, 0.2) is 9.21 Å². The lowest BCUT2D eigenvalue weighted by atomic mass is 9.76. The Morgan fingerprint density at radius 2 is 2.31 bits per heavy atom. The molecule has 4 nitrogen and oxygen atoms in total. The van der Waals surface area contributed by atoms with E-state index in [1.807, 2.05) is 0 Å². The maximum absolute atomic E-state index is 10.9. The monoisotopic (exact) mass is 182 g/mol. The zero-order valence-electron chi connectivity index (χ0n) is 7.89. The molecule has 1 heterocycles. The maximum atomic E-state index is 10.9. The Balaban J connectivity index is 2.48. The Bertz CT molecular complexity index is 375. The van der Waals surface area contributed by atoms with Crippen molar-refractivity contribution < 1.29 is 4.42 Å². The highest BCUT2D eigenvalue weighted by atomic mass is 16.4. The number of nitrogens with two attached hydrogens (primary N) is 1. The van der Waals surface area contributed by atoms with Gasteiger partial charge in [-0.05, 0) is 11.8 Å². The van der Waals surface area contributed by atoms with Crippen LogP contribution < -0.4 is 11.5 Å². The molecule has 13 heavy (non-hydrogen) atoms. The van der Waals surface area contributed by atoms with Crippen LogP contribution in [0, 0.1) is 5.41 Å². The van der Waals surface area contributed by atoms with Gasteiger partial charge in [0, 0.05) is 12.5 Å². The first-order chi connectivity index (χ1) is 5.98. The molecule has 72 valence electrons. The minimum Gasteiger partial charge on any atom is -0.413 e. The number of rotatable bonds is 0. The number of aromatic nitrogens is 1. The summed E-state index contributed by atoms with van der Waals surface area (Å²) in [6.45, 7) is 4.26. The van der Waals surface area contributed by atoms with Crippen molar-refractivity contribution in [2.75, 3.05) is 0 Å². The van der Waals surface area contributed by atoms with E-state index in [0.717, 1.165) is 24.3 Å². The molecule has 0 fully saturated rings. The molecule has 1 aromatic heterocycles. The highest BCUT2D eigenvalue weighted by Crippen LogP contribution is 2.37. The van der Waals surface area contributed by atoms with E-state index < -0.39 is 5.76 Å². The van der Waals surface area contributed by atoms with Gasteiger partial charge in [-0.3, -0.25) is 4.98 Å². The third kappa shape index (κ3) is 1.42. The number of H-pyrrole nitrogens is 1. The summed E-state index contributed by atoms with van der Waals surface area (Å²) in [5.41, 5.74) is 6.82. The lowest BCUT2D eigenvalue weighted by Crippen LogP contribution is -2.29. The molecule has 0 aliphatic heterocycles. The van der Waals surface area contributed by atoms with Gasteiger partial charge in [-0.1, -0.05) is 13.8 Å². The molecule has 0 aromatic carbocycles. The standard InChI is InChI=1S/C9H14N2O2/c1-9(2)3-5(10)7-6(4-9)13-8(12)11-7/h5H,3-4,10H2,1-2H3,(H,11,12). The van der Waals surface area contributed by atoms with Gasteiger partial charge in [-0.25, -0.2) is 4.79 Å².